The van der Waals surface area contributed by atoms with Gasteiger partial charge in [-0.3, -0.25) is 0 Å². The third-order valence-electron chi connectivity index (χ3n) is 4.21. The summed E-state index contributed by atoms with van der Waals surface area (Å²) in [5, 5.41) is 3.56. The predicted octanol–water partition coefficient (Wildman–Crippen LogP) is 3.12. The fraction of sp³-hybridized carbons (Fsp3) is 0.600. The Labute approximate surface area is 117 Å². The number of ether oxygens (including phenoxy) is 2. The Balaban J connectivity index is 1.64. The average molecular weight is 283 g/mol. The minimum atomic E-state index is -2.78. The van der Waals surface area contributed by atoms with E-state index >= 15 is 0 Å². The van der Waals surface area contributed by atoms with E-state index in [4.69, 9.17) is 4.74 Å². The average Bonchev–Trinajstić information content (AvgIpc) is 2.78. The highest BCUT2D eigenvalue weighted by atomic mass is 19.3. The van der Waals surface area contributed by atoms with Crippen molar-refractivity contribution in [3.05, 3.63) is 29.8 Å². The third kappa shape index (κ3) is 3.10. The maximum Gasteiger partial charge on any atom is 0.387 e. The van der Waals surface area contributed by atoms with Crippen LogP contribution < -0.4 is 10.1 Å². The lowest BCUT2D eigenvalue weighted by atomic mass is 10.1. The maximum absolute atomic E-state index is 12.1. The first kappa shape index (κ1) is 13.8. The Morgan fingerprint density at radius 2 is 2.00 bits per heavy atom. The van der Waals surface area contributed by atoms with E-state index in [1.54, 1.807) is 24.3 Å². The van der Waals surface area contributed by atoms with Crippen LogP contribution in [0.5, 0.6) is 5.75 Å². The summed E-state index contributed by atoms with van der Waals surface area (Å²) in [6.07, 6.45) is 3.71. The van der Waals surface area contributed by atoms with Gasteiger partial charge >= 0.3 is 6.61 Å². The summed E-state index contributed by atoms with van der Waals surface area (Å²) < 4.78 is 34.5. The first-order chi connectivity index (χ1) is 9.72. The van der Waals surface area contributed by atoms with Gasteiger partial charge in [-0.05, 0) is 36.5 Å². The maximum atomic E-state index is 12.1. The topological polar surface area (TPSA) is 30.5 Å². The molecule has 3 atom stereocenters. The van der Waals surface area contributed by atoms with Gasteiger partial charge in [0.25, 0.3) is 0 Å². The van der Waals surface area contributed by atoms with Gasteiger partial charge < -0.3 is 14.8 Å². The molecule has 0 radical (unpaired) electrons. The molecule has 3 nitrogen and oxygen atoms in total. The minimum absolute atomic E-state index is 0.0128. The lowest BCUT2D eigenvalue weighted by molar-refractivity contribution is -0.0498. The molecular formula is C15H19F2NO2. The van der Waals surface area contributed by atoms with Gasteiger partial charge in [0.2, 0.25) is 0 Å². The van der Waals surface area contributed by atoms with E-state index in [1.165, 1.54) is 19.3 Å². The Morgan fingerprint density at radius 3 is 2.75 bits per heavy atom. The van der Waals surface area contributed by atoms with Crippen LogP contribution in [0.4, 0.5) is 8.78 Å². The molecule has 0 bridgehead atoms. The summed E-state index contributed by atoms with van der Waals surface area (Å²) in [5.74, 6) is 0.795. The first-order valence-electron chi connectivity index (χ1n) is 7.12. The largest absolute Gasteiger partial charge is 0.435 e. The van der Waals surface area contributed by atoms with Gasteiger partial charge in [-0.25, -0.2) is 0 Å². The quantitative estimate of drug-likeness (QED) is 0.924. The van der Waals surface area contributed by atoms with Crippen molar-refractivity contribution in [2.75, 3.05) is 13.2 Å². The van der Waals surface area contributed by atoms with Gasteiger partial charge in [-0.1, -0.05) is 18.6 Å². The van der Waals surface area contributed by atoms with E-state index in [2.05, 4.69) is 10.1 Å². The fourth-order valence-corrected chi connectivity index (χ4v) is 3.14. The molecule has 20 heavy (non-hydrogen) atoms. The van der Waals surface area contributed by atoms with Crippen molar-refractivity contribution in [1.82, 2.24) is 5.32 Å². The normalized spacial score (nSPS) is 30.1. The Kier molecular flexibility index (Phi) is 4.17. The van der Waals surface area contributed by atoms with Crippen LogP contribution in [0.3, 0.4) is 0 Å². The molecule has 1 aliphatic carbocycles. The summed E-state index contributed by atoms with van der Waals surface area (Å²) in [5.41, 5.74) is 0.999. The van der Waals surface area contributed by atoms with Crippen LogP contribution in [0.15, 0.2) is 24.3 Å². The zero-order valence-electron chi connectivity index (χ0n) is 11.2. The van der Waals surface area contributed by atoms with E-state index in [0.29, 0.717) is 12.0 Å². The lowest BCUT2D eigenvalue weighted by Crippen LogP contribution is -2.32. The molecule has 1 saturated heterocycles. The van der Waals surface area contributed by atoms with Crippen molar-refractivity contribution < 1.29 is 18.3 Å². The number of hydrogen-bond donors (Lipinski definition) is 1. The molecule has 1 saturated carbocycles. The molecule has 0 amide bonds. The van der Waals surface area contributed by atoms with Gasteiger partial charge in [0.15, 0.2) is 0 Å². The minimum Gasteiger partial charge on any atom is -0.435 e. The van der Waals surface area contributed by atoms with Crippen LogP contribution in [-0.4, -0.2) is 25.8 Å². The number of fused-ring (bicyclic) bond motifs is 1. The van der Waals surface area contributed by atoms with Crippen molar-refractivity contribution in [3.8, 4) is 5.75 Å². The predicted molar refractivity (Wildman–Crippen MR) is 70.9 cm³/mol. The summed E-state index contributed by atoms with van der Waals surface area (Å²) >= 11 is 0. The number of halogens is 2. The van der Waals surface area contributed by atoms with Crippen molar-refractivity contribution in [1.29, 1.82) is 0 Å². The van der Waals surface area contributed by atoms with Gasteiger partial charge in [0, 0.05) is 12.6 Å². The first-order valence-corrected chi connectivity index (χ1v) is 7.12. The highest BCUT2D eigenvalue weighted by molar-refractivity contribution is 5.29. The number of benzene rings is 1. The van der Waals surface area contributed by atoms with Crippen LogP contribution in [0.2, 0.25) is 0 Å². The molecule has 110 valence electrons. The van der Waals surface area contributed by atoms with Gasteiger partial charge in [-0.15, -0.1) is 0 Å². The number of alkyl halides is 2. The summed E-state index contributed by atoms with van der Waals surface area (Å²) in [4.78, 5) is 0. The van der Waals surface area contributed by atoms with E-state index in [9.17, 15) is 8.78 Å². The third-order valence-corrected chi connectivity index (χ3v) is 4.21. The fourth-order valence-electron chi connectivity index (χ4n) is 3.14. The monoisotopic (exact) mass is 283 g/mol. The van der Waals surface area contributed by atoms with Gasteiger partial charge in [0.05, 0.1) is 12.7 Å². The molecule has 0 aromatic heterocycles. The van der Waals surface area contributed by atoms with E-state index < -0.39 is 6.61 Å². The Hall–Kier alpha value is -1.20. The molecule has 5 heteroatoms. The molecule has 1 N–H and O–H groups in total. The molecule has 2 fully saturated rings. The van der Waals surface area contributed by atoms with Gasteiger partial charge in [-0.2, -0.15) is 8.78 Å². The number of rotatable bonds is 3. The molecule has 1 aromatic rings. The molecule has 1 heterocycles. The second-order valence-corrected chi connectivity index (χ2v) is 5.48. The molecule has 1 aliphatic heterocycles. The standard InChI is InChI=1S/C15H19F2NO2/c16-15(17)20-12-6-4-10(5-7-12)14-8-18-13-3-1-2-11(13)9-19-14/h4-7,11,13-15,18H,1-3,8-9H2. The van der Waals surface area contributed by atoms with Crippen LogP contribution in [0.25, 0.3) is 0 Å². The second-order valence-electron chi connectivity index (χ2n) is 5.48. The highest BCUT2D eigenvalue weighted by Gasteiger charge is 2.31. The molecule has 3 rings (SSSR count). The summed E-state index contributed by atoms with van der Waals surface area (Å²) in [6.45, 7) is -1.23. The van der Waals surface area contributed by atoms with E-state index in [1.807, 2.05) is 0 Å². The lowest BCUT2D eigenvalue weighted by Gasteiger charge is -2.16. The molecule has 0 spiro atoms. The second kappa shape index (κ2) is 6.06. The highest BCUT2D eigenvalue weighted by Crippen LogP contribution is 2.31. The van der Waals surface area contributed by atoms with Crippen LogP contribution in [0, 0.1) is 5.92 Å². The van der Waals surface area contributed by atoms with Crippen LogP contribution in [-0.2, 0) is 4.74 Å². The Bertz CT molecular complexity index is 424. The summed E-state index contributed by atoms with van der Waals surface area (Å²) in [6, 6.07) is 7.30. The number of hydrogen-bond acceptors (Lipinski definition) is 3. The molecule has 3 unspecified atom stereocenters. The van der Waals surface area contributed by atoms with Crippen molar-refractivity contribution in [2.24, 2.45) is 5.92 Å². The van der Waals surface area contributed by atoms with Crippen LogP contribution >= 0.6 is 0 Å². The van der Waals surface area contributed by atoms with E-state index in [-0.39, 0.29) is 11.9 Å². The van der Waals surface area contributed by atoms with Gasteiger partial charge in [0.1, 0.15) is 5.75 Å². The van der Waals surface area contributed by atoms with E-state index in [0.717, 1.165) is 18.7 Å². The SMILES string of the molecule is FC(F)Oc1ccc(C2CNC3CCCC3CO2)cc1. The van der Waals surface area contributed by atoms with Crippen molar-refractivity contribution in [3.63, 3.8) is 0 Å². The zero-order chi connectivity index (χ0) is 13.9. The zero-order valence-corrected chi connectivity index (χ0v) is 11.2. The summed E-state index contributed by atoms with van der Waals surface area (Å²) in [7, 11) is 0. The van der Waals surface area contributed by atoms with Crippen molar-refractivity contribution >= 4 is 0 Å². The molecule has 1 aromatic carbocycles. The van der Waals surface area contributed by atoms with Crippen molar-refractivity contribution in [2.45, 2.75) is 38.0 Å². The molecule has 2 aliphatic rings. The molecular weight excluding hydrogens is 264 g/mol. The Morgan fingerprint density at radius 1 is 1.20 bits per heavy atom. The van der Waals surface area contributed by atoms with Crippen LogP contribution in [0.1, 0.15) is 30.9 Å². The smallest absolute Gasteiger partial charge is 0.387 e. The number of nitrogens with one attached hydrogen (secondary N) is 1.